The number of carbonyl (C=O) groups excluding carboxylic acids is 1. The first kappa shape index (κ1) is 11.2. The van der Waals surface area contributed by atoms with Crippen LogP contribution in [0.1, 0.15) is 51.0 Å². The van der Waals surface area contributed by atoms with Crippen molar-refractivity contribution in [3.63, 3.8) is 0 Å². The third-order valence-corrected chi connectivity index (χ3v) is 3.04. The third-order valence-electron chi connectivity index (χ3n) is 3.04. The number of rotatable bonds is 1. The van der Waals surface area contributed by atoms with Gasteiger partial charge in [0.1, 0.15) is 5.76 Å². The molecule has 88 valence electrons. The zero-order valence-corrected chi connectivity index (χ0v) is 10.2. The van der Waals surface area contributed by atoms with Crippen molar-refractivity contribution in [3.8, 4) is 0 Å². The Labute approximate surface area is 96.2 Å². The predicted molar refractivity (Wildman–Crippen MR) is 62.0 cm³/mol. The summed E-state index contributed by atoms with van der Waals surface area (Å²) in [6, 6.07) is 2.11. The van der Waals surface area contributed by atoms with Gasteiger partial charge in [0.25, 0.3) is 0 Å². The Kier molecular flexibility index (Phi) is 2.78. The molecule has 0 spiro atoms. The summed E-state index contributed by atoms with van der Waals surface area (Å²) in [5, 5.41) is 3.10. The van der Waals surface area contributed by atoms with E-state index in [4.69, 9.17) is 4.42 Å². The van der Waals surface area contributed by atoms with Crippen molar-refractivity contribution < 1.29 is 9.21 Å². The maximum atomic E-state index is 11.9. The second-order valence-corrected chi connectivity index (χ2v) is 5.47. The van der Waals surface area contributed by atoms with E-state index in [0.29, 0.717) is 0 Å². The molecule has 1 heterocycles. The van der Waals surface area contributed by atoms with Crippen molar-refractivity contribution in [2.45, 2.75) is 46.1 Å². The molecule has 2 rings (SSSR count). The highest BCUT2D eigenvalue weighted by atomic mass is 16.3. The molecule has 0 radical (unpaired) electrons. The van der Waals surface area contributed by atoms with Gasteiger partial charge in [-0.05, 0) is 18.9 Å². The molecule has 0 bridgehead atoms. The molecule has 3 nitrogen and oxygen atoms in total. The maximum Gasteiger partial charge on any atom is 0.225 e. The maximum absolute atomic E-state index is 11.9. The van der Waals surface area contributed by atoms with Gasteiger partial charge in [0, 0.05) is 17.4 Å². The number of fused-ring (bicyclic) bond motifs is 1. The fourth-order valence-corrected chi connectivity index (χ4v) is 2.01. The summed E-state index contributed by atoms with van der Waals surface area (Å²) < 4.78 is 5.40. The Balaban J connectivity index is 2.11. The van der Waals surface area contributed by atoms with Crippen LogP contribution < -0.4 is 5.32 Å². The van der Waals surface area contributed by atoms with E-state index in [9.17, 15) is 4.79 Å². The van der Waals surface area contributed by atoms with Crippen LogP contribution in [-0.2, 0) is 11.2 Å². The molecule has 1 unspecified atom stereocenters. The van der Waals surface area contributed by atoms with E-state index in [0.717, 1.165) is 30.6 Å². The number of amides is 1. The summed E-state index contributed by atoms with van der Waals surface area (Å²) in [6.07, 6.45) is 4.79. The predicted octanol–water partition coefficient (Wildman–Crippen LogP) is 2.82. The molecule has 3 heteroatoms. The summed E-state index contributed by atoms with van der Waals surface area (Å²) >= 11 is 0. The minimum absolute atomic E-state index is 0.103. The molecule has 1 aromatic rings. The van der Waals surface area contributed by atoms with Crippen LogP contribution in [0.15, 0.2) is 16.7 Å². The fraction of sp³-hybridized carbons (Fsp3) is 0.615. The molecule has 1 aliphatic carbocycles. The Hall–Kier alpha value is -1.25. The average Bonchev–Trinajstić information content (AvgIpc) is 2.65. The quantitative estimate of drug-likeness (QED) is 0.792. The smallest absolute Gasteiger partial charge is 0.225 e. The topological polar surface area (TPSA) is 42.2 Å². The van der Waals surface area contributed by atoms with Gasteiger partial charge < -0.3 is 9.73 Å². The summed E-state index contributed by atoms with van der Waals surface area (Å²) in [5.41, 5.74) is 0.824. The molecule has 1 aliphatic rings. The Morgan fingerprint density at radius 3 is 2.94 bits per heavy atom. The van der Waals surface area contributed by atoms with E-state index < -0.39 is 0 Å². The summed E-state index contributed by atoms with van der Waals surface area (Å²) in [4.78, 5) is 11.9. The van der Waals surface area contributed by atoms with Crippen molar-refractivity contribution in [1.82, 2.24) is 5.32 Å². The standard InChI is InChI=1S/C13H19NO2/c1-13(2,3)12(15)14-10-5-4-6-11-9(10)7-8-16-11/h7-8,10H,4-6H2,1-3H3,(H,14,15). The average molecular weight is 221 g/mol. The number of carbonyl (C=O) groups is 1. The highest BCUT2D eigenvalue weighted by Crippen LogP contribution is 2.31. The fourth-order valence-electron chi connectivity index (χ4n) is 2.01. The van der Waals surface area contributed by atoms with Crippen LogP contribution in [0.2, 0.25) is 0 Å². The normalized spacial score (nSPS) is 20.3. The van der Waals surface area contributed by atoms with E-state index in [1.807, 2.05) is 26.8 Å². The van der Waals surface area contributed by atoms with E-state index >= 15 is 0 Å². The van der Waals surface area contributed by atoms with Crippen molar-refractivity contribution in [2.24, 2.45) is 5.41 Å². The van der Waals surface area contributed by atoms with Crippen molar-refractivity contribution in [1.29, 1.82) is 0 Å². The molecular weight excluding hydrogens is 202 g/mol. The highest BCUT2D eigenvalue weighted by molar-refractivity contribution is 5.81. The SMILES string of the molecule is CC(C)(C)C(=O)NC1CCCc2occc21. The third kappa shape index (κ3) is 2.13. The first-order valence-corrected chi connectivity index (χ1v) is 5.86. The number of aryl methyl sites for hydroxylation is 1. The van der Waals surface area contributed by atoms with Gasteiger partial charge in [-0.25, -0.2) is 0 Å². The number of hydrogen-bond donors (Lipinski definition) is 1. The zero-order chi connectivity index (χ0) is 11.8. The highest BCUT2D eigenvalue weighted by Gasteiger charge is 2.28. The van der Waals surface area contributed by atoms with Crippen LogP contribution in [0.5, 0.6) is 0 Å². The van der Waals surface area contributed by atoms with Crippen LogP contribution in [-0.4, -0.2) is 5.91 Å². The van der Waals surface area contributed by atoms with Gasteiger partial charge in [-0.3, -0.25) is 4.79 Å². The molecule has 1 aromatic heterocycles. The Morgan fingerprint density at radius 2 is 2.25 bits per heavy atom. The van der Waals surface area contributed by atoms with E-state index in [2.05, 4.69) is 5.32 Å². The molecule has 0 aliphatic heterocycles. The molecule has 0 saturated heterocycles. The summed E-state index contributed by atoms with van der Waals surface area (Å²) in [7, 11) is 0. The number of nitrogens with one attached hydrogen (secondary N) is 1. The molecule has 0 fully saturated rings. The number of hydrogen-bond acceptors (Lipinski definition) is 2. The lowest BCUT2D eigenvalue weighted by Gasteiger charge is -2.26. The van der Waals surface area contributed by atoms with Gasteiger partial charge in [-0.15, -0.1) is 0 Å². The molecule has 16 heavy (non-hydrogen) atoms. The van der Waals surface area contributed by atoms with Crippen LogP contribution in [0.25, 0.3) is 0 Å². The monoisotopic (exact) mass is 221 g/mol. The molecule has 1 amide bonds. The van der Waals surface area contributed by atoms with Gasteiger partial charge in [-0.2, -0.15) is 0 Å². The largest absolute Gasteiger partial charge is 0.469 e. The van der Waals surface area contributed by atoms with Gasteiger partial charge >= 0.3 is 0 Å². The molecule has 1 N–H and O–H groups in total. The molecular formula is C13H19NO2. The Morgan fingerprint density at radius 1 is 1.50 bits per heavy atom. The first-order valence-electron chi connectivity index (χ1n) is 5.86. The van der Waals surface area contributed by atoms with Gasteiger partial charge in [0.2, 0.25) is 5.91 Å². The lowest BCUT2D eigenvalue weighted by Crippen LogP contribution is -2.38. The van der Waals surface area contributed by atoms with Crippen LogP contribution >= 0.6 is 0 Å². The molecule has 0 aromatic carbocycles. The zero-order valence-electron chi connectivity index (χ0n) is 10.2. The van der Waals surface area contributed by atoms with Crippen LogP contribution in [0.4, 0.5) is 0 Å². The molecule has 1 atom stereocenters. The molecule has 0 saturated carbocycles. The lowest BCUT2D eigenvalue weighted by atomic mass is 9.90. The first-order chi connectivity index (χ1) is 7.48. The van der Waals surface area contributed by atoms with Gasteiger partial charge in [0.05, 0.1) is 12.3 Å². The van der Waals surface area contributed by atoms with Crippen LogP contribution in [0.3, 0.4) is 0 Å². The minimum Gasteiger partial charge on any atom is -0.469 e. The van der Waals surface area contributed by atoms with E-state index in [-0.39, 0.29) is 17.4 Å². The van der Waals surface area contributed by atoms with Crippen molar-refractivity contribution in [2.75, 3.05) is 0 Å². The van der Waals surface area contributed by atoms with E-state index in [1.54, 1.807) is 6.26 Å². The second-order valence-electron chi connectivity index (χ2n) is 5.47. The minimum atomic E-state index is -0.332. The van der Waals surface area contributed by atoms with Crippen molar-refractivity contribution in [3.05, 3.63) is 23.7 Å². The van der Waals surface area contributed by atoms with Crippen LogP contribution in [0, 0.1) is 5.41 Å². The van der Waals surface area contributed by atoms with Crippen molar-refractivity contribution >= 4 is 5.91 Å². The summed E-state index contributed by atoms with van der Waals surface area (Å²) in [5.74, 6) is 1.14. The second kappa shape index (κ2) is 3.96. The Bertz CT molecular complexity index is 387. The van der Waals surface area contributed by atoms with Gasteiger partial charge in [-0.1, -0.05) is 20.8 Å². The number of furan rings is 1. The van der Waals surface area contributed by atoms with Gasteiger partial charge in [0.15, 0.2) is 0 Å². The summed E-state index contributed by atoms with van der Waals surface area (Å²) in [6.45, 7) is 5.80. The van der Waals surface area contributed by atoms with E-state index in [1.165, 1.54) is 0 Å². The lowest BCUT2D eigenvalue weighted by molar-refractivity contribution is -0.129.